The summed E-state index contributed by atoms with van der Waals surface area (Å²) in [5.41, 5.74) is 1.00. The van der Waals surface area contributed by atoms with Gasteiger partial charge in [0.25, 0.3) is 0 Å². The minimum Gasteiger partial charge on any atom is -0.478 e. The molecule has 0 saturated carbocycles. The van der Waals surface area contributed by atoms with Crippen LogP contribution >= 0.6 is 0 Å². The lowest BCUT2D eigenvalue weighted by atomic mass is 10.2. The third-order valence-corrected chi connectivity index (χ3v) is 3.41. The molecule has 22 heavy (non-hydrogen) atoms. The van der Waals surface area contributed by atoms with Crippen LogP contribution in [-0.4, -0.2) is 48.5 Å². The van der Waals surface area contributed by atoms with Crippen LogP contribution in [0.2, 0.25) is 0 Å². The summed E-state index contributed by atoms with van der Waals surface area (Å²) in [6, 6.07) is -0.570. The second kappa shape index (κ2) is 6.42. The zero-order valence-electron chi connectivity index (χ0n) is 12.8. The average molecular weight is 305 g/mol. The fraction of sp³-hybridized carbons (Fsp3) is 0.429. The maximum atomic E-state index is 12.4. The van der Waals surface area contributed by atoms with Gasteiger partial charge in [0.15, 0.2) is 0 Å². The fourth-order valence-corrected chi connectivity index (χ4v) is 2.11. The van der Waals surface area contributed by atoms with E-state index in [-0.39, 0.29) is 11.5 Å². The molecule has 0 fully saturated rings. The van der Waals surface area contributed by atoms with Gasteiger partial charge < -0.3 is 10.0 Å². The van der Waals surface area contributed by atoms with E-state index in [0.29, 0.717) is 6.54 Å². The molecule has 1 amide bonds. The molecule has 8 heteroatoms. The van der Waals surface area contributed by atoms with E-state index in [9.17, 15) is 9.59 Å². The smallest absolute Gasteiger partial charge is 0.338 e. The van der Waals surface area contributed by atoms with Gasteiger partial charge in [-0.3, -0.25) is 14.2 Å². The Kier molecular flexibility index (Phi) is 4.59. The Morgan fingerprint density at radius 3 is 2.59 bits per heavy atom. The number of nitrogens with zero attached hydrogens (tertiary/aromatic N) is 5. The number of hydrogen-bond donors (Lipinski definition) is 1. The summed E-state index contributed by atoms with van der Waals surface area (Å²) in [6.45, 7) is 4.90. The summed E-state index contributed by atoms with van der Waals surface area (Å²) < 4.78 is 3.15. The molecule has 0 radical (unpaired) electrons. The Hall–Kier alpha value is -2.64. The number of aromatic carboxylic acids is 1. The molecule has 1 unspecified atom stereocenters. The zero-order chi connectivity index (χ0) is 16.3. The van der Waals surface area contributed by atoms with E-state index in [1.807, 2.05) is 13.1 Å². The number of carbonyl (C=O) groups is 2. The Morgan fingerprint density at radius 1 is 1.32 bits per heavy atom. The molecule has 2 aromatic heterocycles. The van der Waals surface area contributed by atoms with Crippen molar-refractivity contribution in [3.63, 3.8) is 0 Å². The van der Waals surface area contributed by atoms with Gasteiger partial charge in [-0.2, -0.15) is 10.2 Å². The first-order valence-electron chi connectivity index (χ1n) is 6.96. The first kappa shape index (κ1) is 15.7. The van der Waals surface area contributed by atoms with Crippen LogP contribution in [0.25, 0.3) is 0 Å². The van der Waals surface area contributed by atoms with Gasteiger partial charge in [-0.15, -0.1) is 0 Å². The summed E-state index contributed by atoms with van der Waals surface area (Å²) in [5, 5.41) is 17.0. The number of likely N-dealkylation sites (N-methyl/N-ethyl adjacent to an activating group) is 1. The summed E-state index contributed by atoms with van der Waals surface area (Å²) in [7, 11) is 1.70. The summed E-state index contributed by atoms with van der Waals surface area (Å²) in [4.78, 5) is 24.8. The van der Waals surface area contributed by atoms with Gasteiger partial charge in [-0.1, -0.05) is 0 Å². The Labute approximate surface area is 127 Å². The predicted molar refractivity (Wildman–Crippen MR) is 78.3 cm³/mol. The summed E-state index contributed by atoms with van der Waals surface area (Å²) in [6.07, 6.45) is 6.21. The van der Waals surface area contributed by atoms with Crippen molar-refractivity contribution in [3.8, 4) is 0 Å². The highest BCUT2D eigenvalue weighted by molar-refractivity contribution is 5.87. The van der Waals surface area contributed by atoms with Crippen LogP contribution in [0, 0.1) is 0 Å². The molecule has 0 spiro atoms. The standard InChI is InChI=1S/C14H19N5O3/c1-4-18-8-11(5-15-18)7-17(3)13(20)10(2)19-9-12(6-16-19)14(21)22/h5-6,8-10H,4,7H2,1-3H3,(H,21,22). The normalized spacial score (nSPS) is 12.1. The zero-order valence-corrected chi connectivity index (χ0v) is 12.8. The lowest BCUT2D eigenvalue weighted by molar-refractivity contribution is -0.133. The molecule has 118 valence electrons. The molecule has 0 aliphatic rings. The average Bonchev–Trinajstić information content (AvgIpc) is 3.14. The summed E-state index contributed by atoms with van der Waals surface area (Å²) in [5.74, 6) is -1.21. The predicted octanol–water partition coefficient (Wildman–Crippen LogP) is 1.02. The van der Waals surface area contributed by atoms with Crippen LogP contribution in [0.3, 0.4) is 0 Å². The lowest BCUT2D eigenvalue weighted by Crippen LogP contribution is -2.32. The largest absolute Gasteiger partial charge is 0.478 e. The van der Waals surface area contributed by atoms with E-state index in [1.54, 1.807) is 29.7 Å². The molecular weight excluding hydrogens is 286 g/mol. The molecule has 8 nitrogen and oxygen atoms in total. The maximum Gasteiger partial charge on any atom is 0.338 e. The second-order valence-corrected chi connectivity index (χ2v) is 5.09. The second-order valence-electron chi connectivity index (χ2n) is 5.09. The Morgan fingerprint density at radius 2 is 2.05 bits per heavy atom. The monoisotopic (exact) mass is 305 g/mol. The first-order valence-corrected chi connectivity index (χ1v) is 6.96. The number of aromatic nitrogens is 4. The molecule has 1 atom stereocenters. The lowest BCUT2D eigenvalue weighted by Gasteiger charge is -2.21. The van der Waals surface area contributed by atoms with Crippen molar-refractivity contribution in [3.05, 3.63) is 35.9 Å². The minimum atomic E-state index is -1.06. The molecule has 0 aromatic carbocycles. The number of rotatable bonds is 6. The van der Waals surface area contributed by atoms with Crippen LogP contribution in [0.4, 0.5) is 0 Å². The van der Waals surface area contributed by atoms with Gasteiger partial charge in [-0.25, -0.2) is 4.79 Å². The third-order valence-electron chi connectivity index (χ3n) is 3.41. The van der Waals surface area contributed by atoms with Gasteiger partial charge in [0, 0.05) is 38.1 Å². The highest BCUT2D eigenvalue weighted by atomic mass is 16.4. The highest BCUT2D eigenvalue weighted by Gasteiger charge is 2.21. The van der Waals surface area contributed by atoms with E-state index < -0.39 is 12.0 Å². The highest BCUT2D eigenvalue weighted by Crippen LogP contribution is 2.12. The van der Waals surface area contributed by atoms with Crippen LogP contribution in [0.5, 0.6) is 0 Å². The van der Waals surface area contributed by atoms with E-state index >= 15 is 0 Å². The third kappa shape index (κ3) is 3.33. The number of carboxylic acid groups (broad SMARTS) is 1. The van der Waals surface area contributed by atoms with Gasteiger partial charge in [0.2, 0.25) is 5.91 Å². The Bertz CT molecular complexity index is 676. The molecule has 0 aliphatic heterocycles. The molecule has 2 rings (SSSR count). The van der Waals surface area contributed by atoms with E-state index in [2.05, 4.69) is 10.2 Å². The minimum absolute atomic E-state index is 0.0616. The molecule has 1 N–H and O–H groups in total. The van der Waals surface area contributed by atoms with Crippen molar-refractivity contribution in [2.75, 3.05) is 7.05 Å². The quantitative estimate of drug-likeness (QED) is 0.860. The van der Waals surface area contributed by atoms with Gasteiger partial charge in [0.05, 0.1) is 18.0 Å². The molecule has 0 bridgehead atoms. The number of hydrogen-bond acceptors (Lipinski definition) is 4. The first-order chi connectivity index (χ1) is 10.4. The molecular formula is C14H19N5O3. The number of amides is 1. The van der Waals surface area contributed by atoms with Crippen molar-refractivity contribution < 1.29 is 14.7 Å². The van der Waals surface area contributed by atoms with Crippen molar-refractivity contribution >= 4 is 11.9 Å². The van der Waals surface area contributed by atoms with Crippen LogP contribution in [0.15, 0.2) is 24.8 Å². The maximum absolute atomic E-state index is 12.4. The SMILES string of the molecule is CCn1cc(CN(C)C(=O)C(C)n2cc(C(=O)O)cn2)cn1. The van der Waals surface area contributed by atoms with Gasteiger partial charge >= 0.3 is 5.97 Å². The molecule has 2 heterocycles. The van der Waals surface area contributed by atoms with E-state index in [1.165, 1.54) is 17.1 Å². The topological polar surface area (TPSA) is 93.2 Å². The summed E-state index contributed by atoms with van der Waals surface area (Å²) >= 11 is 0. The van der Waals surface area contributed by atoms with Crippen molar-refractivity contribution in [1.29, 1.82) is 0 Å². The molecule has 2 aromatic rings. The number of carbonyl (C=O) groups excluding carboxylic acids is 1. The van der Waals surface area contributed by atoms with Crippen LogP contribution in [0.1, 0.15) is 35.8 Å². The fourth-order valence-electron chi connectivity index (χ4n) is 2.11. The van der Waals surface area contributed by atoms with Crippen LogP contribution in [-0.2, 0) is 17.9 Å². The number of aryl methyl sites for hydroxylation is 1. The van der Waals surface area contributed by atoms with Crippen molar-refractivity contribution in [2.45, 2.75) is 33.0 Å². The van der Waals surface area contributed by atoms with E-state index in [4.69, 9.17) is 5.11 Å². The molecule has 0 aliphatic carbocycles. The number of carboxylic acids is 1. The van der Waals surface area contributed by atoms with E-state index in [0.717, 1.165) is 12.1 Å². The Balaban J connectivity index is 2.03. The molecule has 0 saturated heterocycles. The van der Waals surface area contributed by atoms with Crippen LogP contribution < -0.4 is 0 Å². The van der Waals surface area contributed by atoms with Gasteiger partial charge in [-0.05, 0) is 13.8 Å². The van der Waals surface area contributed by atoms with Gasteiger partial charge in [0.1, 0.15) is 6.04 Å². The van der Waals surface area contributed by atoms with Crippen molar-refractivity contribution in [1.82, 2.24) is 24.5 Å². The van der Waals surface area contributed by atoms with Crippen molar-refractivity contribution in [2.24, 2.45) is 0 Å².